The summed E-state index contributed by atoms with van der Waals surface area (Å²) < 4.78 is 11.1. The van der Waals surface area contributed by atoms with Crippen molar-refractivity contribution in [3.05, 3.63) is 60.1 Å². The van der Waals surface area contributed by atoms with Crippen LogP contribution < -0.4 is 0 Å². The number of hydrogen-bond acceptors (Lipinski definition) is 4. The van der Waals surface area contributed by atoms with Crippen molar-refractivity contribution in [2.45, 2.75) is 18.7 Å². The first-order valence-corrected chi connectivity index (χ1v) is 8.03. The maximum Gasteiger partial charge on any atom is 0.289 e. The second-order valence-electron chi connectivity index (χ2n) is 6.12. The van der Waals surface area contributed by atoms with Crippen molar-refractivity contribution in [2.75, 3.05) is 26.2 Å². The Hall–Kier alpha value is -2.11. The van der Waals surface area contributed by atoms with Crippen LogP contribution in [-0.4, -0.2) is 54.1 Å². The van der Waals surface area contributed by atoms with E-state index in [0.717, 1.165) is 19.7 Å². The zero-order valence-electron chi connectivity index (χ0n) is 12.9. The molecule has 0 spiro atoms. The van der Waals surface area contributed by atoms with E-state index in [9.17, 15) is 4.79 Å². The van der Waals surface area contributed by atoms with Gasteiger partial charge in [-0.1, -0.05) is 30.3 Å². The first kappa shape index (κ1) is 14.5. The highest BCUT2D eigenvalue weighted by Gasteiger charge is 2.42. The van der Waals surface area contributed by atoms with Crippen molar-refractivity contribution < 1.29 is 13.9 Å². The zero-order chi connectivity index (χ0) is 15.6. The number of likely N-dealkylation sites (tertiary alicyclic amines) is 1. The number of nitrogens with zero attached hydrogens (tertiary/aromatic N) is 2. The molecule has 0 radical (unpaired) electrons. The maximum absolute atomic E-state index is 12.5. The zero-order valence-corrected chi connectivity index (χ0v) is 12.9. The molecule has 3 heterocycles. The summed E-state index contributed by atoms with van der Waals surface area (Å²) >= 11 is 0. The third-order valence-electron chi connectivity index (χ3n) is 4.66. The lowest BCUT2D eigenvalue weighted by Crippen LogP contribution is -2.50. The Bertz CT molecular complexity index is 656. The van der Waals surface area contributed by atoms with Crippen molar-refractivity contribution in [3.63, 3.8) is 0 Å². The number of furan rings is 1. The molecule has 5 nitrogen and oxygen atoms in total. The van der Waals surface area contributed by atoms with Crippen LogP contribution in [0.5, 0.6) is 0 Å². The number of morpholine rings is 1. The number of rotatable bonds is 3. The van der Waals surface area contributed by atoms with Gasteiger partial charge in [-0.2, -0.15) is 0 Å². The second-order valence-corrected chi connectivity index (χ2v) is 6.12. The summed E-state index contributed by atoms with van der Waals surface area (Å²) in [5, 5.41) is 0. The fraction of sp³-hybridized carbons (Fsp3) is 0.389. The van der Waals surface area contributed by atoms with Crippen LogP contribution in [-0.2, 0) is 11.3 Å². The van der Waals surface area contributed by atoms with Gasteiger partial charge in [0.15, 0.2) is 5.76 Å². The van der Waals surface area contributed by atoms with Crippen LogP contribution in [0, 0.1) is 0 Å². The molecular weight excluding hydrogens is 292 g/mol. The highest BCUT2D eigenvalue weighted by atomic mass is 16.5. The van der Waals surface area contributed by atoms with Gasteiger partial charge in [-0.15, -0.1) is 0 Å². The van der Waals surface area contributed by atoms with Gasteiger partial charge in [0.05, 0.1) is 25.0 Å². The van der Waals surface area contributed by atoms with E-state index in [4.69, 9.17) is 9.15 Å². The number of hydrogen-bond donors (Lipinski definition) is 0. The molecule has 1 aromatic heterocycles. The van der Waals surface area contributed by atoms with Gasteiger partial charge in [0, 0.05) is 26.2 Å². The fourth-order valence-corrected chi connectivity index (χ4v) is 3.49. The topological polar surface area (TPSA) is 45.9 Å². The summed E-state index contributed by atoms with van der Waals surface area (Å²) in [6.07, 6.45) is 1.63. The molecule has 2 aliphatic heterocycles. The molecule has 0 unspecified atom stereocenters. The highest BCUT2D eigenvalue weighted by Crippen LogP contribution is 2.25. The van der Waals surface area contributed by atoms with Crippen LogP contribution in [0.1, 0.15) is 16.1 Å². The summed E-state index contributed by atoms with van der Waals surface area (Å²) in [4.78, 5) is 16.7. The standard InChI is InChI=1S/C18H20N2O3/c21-18(16-7-4-9-22-16)20-12-15-17(13-20)23-10-8-19(15)11-14-5-2-1-3-6-14/h1-7,9,15,17H,8,10-13H2/t15-,17+/m0/s1. The molecule has 1 aromatic carbocycles. The Labute approximate surface area is 135 Å². The van der Waals surface area contributed by atoms with Crippen molar-refractivity contribution in [3.8, 4) is 0 Å². The Morgan fingerprint density at radius 3 is 2.78 bits per heavy atom. The predicted octanol–water partition coefficient (Wildman–Crippen LogP) is 2.00. The molecule has 2 aromatic rings. The molecule has 4 rings (SSSR count). The maximum atomic E-state index is 12.5. The summed E-state index contributed by atoms with van der Waals surface area (Å²) in [7, 11) is 0. The molecule has 2 fully saturated rings. The highest BCUT2D eigenvalue weighted by molar-refractivity contribution is 5.91. The molecule has 0 N–H and O–H groups in total. The lowest BCUT2D eigenvalue weighted by Gasteiger charge is -2.36. The van der Waals surface area contributed by atoms with E-state index in [-0.39, 0.29) is 18.1 Å². The van der Waals surface area contributed by atoms with E-state index in [1.165, 1.54) is 11.8 Å². The fourth-order valence-electron chi connectivity index (χ4n) is 3.49. The molecule has 2 saturated heterocycles. The summed E-state index contributed by atoms with van der Waals surface area (Å²) in [6, 6.07) is 14.2. The first-order chi connectivity index (χ1) is 11.3. The smallest absolute Gasteiger partial charge is 0.289 e. The molecule has 23 heavy (non-hydrogen) atoms. The predicted molar refractivity (Wildman–Crippen MR) is 85.0 cm³/mol. The SMILES string of the molecule is O=C(c1ccco1)N1C[C@H]2OCCN(Cc3ccccc3)[C@H]2C1. The van der Waals surface area contributed by atoms with E-state index >= 15 is 0 Å². The average Bonchev–Trinajstić information content (AvgIpc) is 3.25. The van der Waals surface area contributed by atoms with Crippen molar-refractivity contribution in [2.24, 2.45) is 0 Å². The number of fused-ring (bicyclic) bond motifs is 1. The largest absolute Gasteiger partial charge is 0.459 e. The Morgan fingerprint density at radius 2 is 2.00 bits per heavy atom. The van der Waals surface area contributed by atoms with E-state index < -0.39 is 0 Å². The van der Waals surface area contributed by atoms with Gasteiger partial charge < -0.3 is 14.1 Å². The first-order valence-electron chi connectivity index (χ1n) is 8.03. The van der Waals surface area contributed by atoms with Gasteiger partial charge >= 0.3 is 0 Å². The van der Waals surface area contributed by atoms with Gasteiger partial charge in [0.25, 0.3) is 5.91 Å². The number of ether oxygens (including phenoxy) is 1. The Balaban J connectivity index is 1.47. The monoisotopic (exact) mass is 312 g/mol. The molecule has 120 valence electrons. The van der Waals surface area contributed by atoms with Crippen LogP contribution >= 0.6 is 0 Å². The van der Waals surface area contributed by atoms with Crippen LogP contribution in [0.3, 0.4) is 0 Å². The van der Waals surface area contributed by atoms with Gasteiger partial charge in [-0.25, -0.2) is 0 Å². The summed E-state index contributed by atoms with van der Waals surface area (Å²) in [5.41, 5.74) is 1.30. The molecule has 0 saturated carbocycles. The molecule has 1 amide bonds. The molecule has 2 atom stereocenters. The third kappa shape index (κ3) is 2.90. The van der Waals surface area contributed by atoms with E-state index in [2.05, 4.69) is 29.2 Å². The third-order valence-corrected chi connectivity index (χ3v) is 4.66. The average molecular weight is 312 g/mol. The second kappa shape index (κ2) is 6.18. The number of amides is 1. The quantitative estimate of drug-likeness (QED) is 0.870. The normalized spacial score (nSPS) is 24.6. The number of carbonyl (C=O) groups excluding carboxylic acids is 1. The van der Waals surface area contributed by atoms with Gasteiger partial charge in [0.2, 0.25) is 0 Å². The molecule has 2 aliphatic rings. The molecule has 0 aliphatic carbocycles. The van der Waals surface area contributed by atoms with Gasteiger partial charge in [-0.05, 0) is 17.7 Å². The van der Waals surface area contributed by atoms with E-state index in [0.29, 0.717) is 18.8 Å². The lowest BCUT2D eigenvalue weighted by atomic mass is 10.1. The summed E-state index contributed by atoms with van der Waals surface area (Å²) in [6.45, 7) is 3.84. The Kier molecular flexibility index (Phi) is 3.89. The number of benzene rings is 1. The van der Waals surface area contributed by atoms with Crippen molar-refractivity contribution in [1.29, 1.82) is 0 Å². The Morgan fingerprint density at radius 1 is 1.13 bits per heavy atom. The van der Waals surface area contributed by atoms with Crippen molar-refractivity contribution >= 4 is 5.91 Å². The van der Waals surface area contributed by atoms with Gasteiger partial charge in [-0.3, -0.25) is 9.69 Å². The molecular formula is C18H20N2O3. The van der Waals surface area contributed by atoms with Gasteiger partial charge in [0.1, 0.15) is 0 Å². The minimum absolute atomic E-state index is 0.0485. The molecule has 0 bridgehead atoms. The number of carbonyl (C=O) groups is 1. The summed E-state index contributed by atoms with van der Waals surface area (Å²) in [5.74, 6) is 0.353. The van der Waals surface area contributed by atoms with E-state index in [1.807, 2.05) is 11.0 Å². The van der Waals surface area contributed by atoms with Crippen LogP contribution in [0.15, 0.2) is 53.1 Å². The van der Waals surface area contributed by atoms with E-state index in [1.54, 1.807) is 12.1 Å². The van der Waals surface area contributed by atoms with Crippen LogP contribution in [0.2, 0.25) is 0 Å². The van der Waals surface area contributed by atoms with Crippen LogP contribution in [0.25, 0.3) is 0 Å². The van der Waals surface area contributed by atoms with Crippen molar-refractivity contribution in [1.82, 2.24) is 9.80 Å². The molecule has 5 heteroatoms. The minimum Gasteiger partial charge on any atom is -0.459 e. The van der Waals surface area contributed by atoms with Crippen LogP contribution in [0.4, 0.5) is 0 Å². The lowest BCUT2D eigenvalue weighted by molar-refractivity contribution is -0.0503. The minimum atomic E-state index is -0.0485.